The number of rotatable bonds is 18. The average Bonchev–Trinajstić information content (AvgIpc) is 3.29. The number of hydrogen-bond acceptors (Lipinski definition) is 27. The van der Waals surface area contributed by atoms with Gasteiger partial charge in [0.1, 0.15) is 110 Å². The largest absolute Gasteiger partial charge is 0.477 e. The van der Waals surface area contributed by atoms with Crippen LogP contribution in [0.4, 0.5) is 0 Å². The molecule has 31 heteroatoms. The summed E-state index contributed by atoms with van der Waals surface area (Å²) in [6.45, 7) is 0.427. The summed E-state index contributed by atoms with van der Waals surface area (Å²) in [5.41, 5.74) is 0. The number of nitrogens with one attached hydrogen (secondary N) is 3. The maximum Gasteiger partial charge on any atom is 0.364 e. The van der Waals surface area contributed by atoms with Gasteiger partial charge in [0.2, 0.25) is 17.7 Å². The fourth-order valence-electron chi connectivity index (χ4n) is 8.78. The van der Waals surface area contributed by atoms with Crippen LogP contribution in [0, 0.1) is 0 Å². The van der Waals surface area contributed by atoms with Crippen LogP contribution in [0.15, 0.2) is 0 Å². The van der Waals surface area contributed by atoms with Gasteiger partial charge in [-0.25, -0.2) is 4.79 Å². The second-order valence-electron chi connectivity index (χ2n) is 17.6. The van der Waals surface area contributed by atoms with Crippen LogP contribution in [0.5, 0.6) is 0 Å². The lowest BCUT2D eigenvalue weighted by Gasteiger charge is -2.51. The van der Waals surface area contributed by atoms with Crippen LogP contribution < -0.4 is 16.0 Å². The minimum absolute atomic E-state index is 0.761. The van der Waals surface area contributed by atoms with E-state index in [-0.39, 0.29) is 0 Å². The van der Waals surface area contributed by atoms with Crippen molar-refractivity contribution < 1.29 is 138 Å². The van der Waals surface area contributed by atoms with E-state index in [9.17, 15) is 95.8 Å². The van der Waals surface area contributed by atoms with Crippen molar-refractivity contribution in [3.63, 3.8) is 0 Å². The Labute approximate surface area is 397 Å². The minimum atomic E-state index is -3.17. The van der Waals surface area contributed by atoms with Gasteiger partial charge in [0.25, 0.3) is 5.79 Å². The van der Waals surface area contributed by atoms with Crippen LogP contribution in [-0.2, 0) is 61.8 Å². The van der Waals surface area contributed by atoms with E-state index in [4.69, 9.17) is 42.6 Å². The molecule has 5 aliphatic heterocycles. The van der Waals surface area contributed by atoms with Gasteiger partial charge in [-0.05, 0) is 6.92 Å². The number of aliphatic hydroxyl groups excluding tert-OH is 14. The molecule has 0 radical (unpaired) electrons. The van der Waals surface area contributed by atoms with Crippen molar-refractivity contribution >= 4 is 23.7 Å². The third-order valence-corrected chi connectivity index (χ3v) is 12.4. The lowest BCUT2D eigenvalue weighted by atomic mass is 9.88. The Morgan fingerprint density at radius 1 is 0.614 bits per heavy atom. The summed E-state index contributed by atoms with van der Waals surface area (Å²) in [6.07, 6.45) is -43.0. The quantitative estimate of drug-likeness (QED) is 0.0606. The van der Waals surface area contributed by atoms with Crippen molar-refractivity contribution in [3.05, 3.63) is 0 Å². The van der Waals surface area contributed by atoms with E-state index >= 15 is 0 Å². The highest BCUT2D eigenvalue weighted by molar-refractivity contribution is 5.77. The predicted molar refractivity (Wildman–Crippen MR) is 217 cm³/mol. The van der Waals surface area contributed by atoms with Gasteiger partial charge in [-0.3, -0.25) is 14.4 Å². The molecule has 0 aromatic rings. The lowest BCUT2D eigenvalue weighted by Crippen LogP contribution is -2.71. The molecule has 5 fully saturated rings. The zero-order valence-corrected chi connectivity index (χ0v) is 38.0. The van der Waals surface area contributed by atoms with Crippen molar-refractivity contribution in [3.8, 4) is 0 Å². The van der Waals surface area contributed by atoms with E-state index in [0.717, 1.165) is 20.8 Å². The van der Waals surface area contributed by atoms with Crippen LogP contribution in [0.1, 0.15) is 34.1 Å². The van der Waals surface area contributed by atoms with E-state index in [1.54, 1.807) is 0 Å². The molecular weight excluding hydrogens is 958 g/mol. The molecule has 5 rings (SSSR count). The Kier molecular flexibility index (Phi) is 20.1. The van der Waals surface area contributed by atoms with Gasteiger partial charge in [0.05, 0.1) is 44.7 Å². The van der Waals surface area contributed by atoms with Crippen LogP contribution in [-0.4, -0.2) is 286 Å². The summed E-state index contributed by atoms with van der Waals surface area (Å²) in [5.74, 6) is -7.64. The number of ether oxygens (including phenoxy) is 9. The highest BCUT2D eigenvalue weighted by Gasteiger charge is 2.61. The van der Waals surface area contributed by atoms with Crippen molar-refractivity contribution in [2.45, 2.75) is 193 Å². The Balaban J connectivity index is 1.41. The molecule has 0 saturated carbocycles. The smallest absolute Gasteiger partial charge is 0.364 e. The molecule has 0 spiro atoms. The number of hydrogen-bond donors (Lipinski definition) is 18. The van der Waals surface area contributed by atoms with Crippen molar-refractivity contribution in [2.75, 3.05) is 26.4 Å². The number of carboxylic acid groups (broad SMARTS) is 1. The van der Waals surface area contributed by atoms with Gasteiger partial charge < -0.3 is 135 Å². The number of aliphatic carboxylic acids is 1. The van der Waals surface area contributed by atoms with Crippen LogP contribution in [0.3, 0.4) is 0 Å². The fourth-order valence-corrected chi connectivity index (χ4v) is 8.78. The number of amides is 3. The van der Waals surface area contributed by atoms with Gasteiger partial charge in [-0.2, -0.15) is 0 Å². The van der Waals surface area contributed by atoms with Crippen molar-refractivity contribution in [2.24, 2.45) is 0 Å². The summed E-state index contributed by atoms with van der Waals surface area (Å²) in [4.78, 5) is 49.8. The average molecular weight is 1020 g/mol. The van der Waals surface area contributed by atoms with Crippen LogP contribution in [0.25, 0.3) is 0 Å². The van der Waals surface area contributed by atoms with E-state index in [2.05, 4.69) is 16.0 Å². The number of carbonyl (C=O) groups is 4. The monoisotopic (exact) mass is 1020 g/mol. The SMILES string of the molecule is CC(=O)N[C@@H]1[C@@H](O[C@@H]2O[C@H](CO)[C@H](O)[C@H](O[C@]3(C(=O)O)C[C@H](O)[C@@H](NC(C)=O)[C@H]([C@H](O)[C@H](O)CO)O3)[C@H]2O)[C@@H](O)[C@@H](CO[C@@H]2O[C@H](CO)[C@@H](O)[C@H](O[C@@H]3O[C@@H](C)[C@@H](O)[C@@H](O)[C@@H]3O)[C@H]2NC(C)=O)O[C@H]1O. The molecule has 0 aliphatic carbocycles. The Hall–Kier alpha value is -3.04. The summed E-state index contributed by atoms with van der Waals surface area (Å²) in [7, 11) is 0. The molecule has 0 bridgehead atoms. The van der Waals surface area contributed by atoms with Crippen LogP contribution >= 0.6 is 0 Å². The second-order valence-corrected chi connectivity index (χ2v) is 17.6. The minimum Gasteiger partial charge on any atom is -0.477 e. The Bertz CT molecular complexity index is 1760. The van der Waals surface area contributed by atoms with E-state index in [1.165, 1.54) is 6.92 Å². The zero-order chi connectivity index (χ0) is 52.3. The maximum atomic E-state index is 13.0. The molecule has 5 saturated heterocycles. The molecule has 31 nitrogen and oxygen atoms in total. The molecule has 26 atom stereocenters. The number of carbonyl (C=O) groups excluding carboxylic acids is 3. The van der Waals surface area contributed by atoms with Crippen molar-refractivity contribution in [1.82, 2.24) is 16.0 Å². The number of carboxylic acids is 1. The summed E-state index contributed by atoms with van der Waals surface area (Å²) >= 11 is 0. The predicted octanol–water partition coefficient (Wildman–Crippen LogP) is -11.3. The normalized spacial score (nSPS) is 45.5. The first kappa shape index (κ1) is 57.9. The van der Waals surface area contributed by atoms with Gasteiger partial charge in [-0.1, -0.05) is 0 Å². The summed E-state index contributed by atoms with van der Waals surface area (Å²) in [5, 5.41) is 168. The van der Waals surface area contributed by atoms with Gasteiger partial charge in [-0.15, -0.1) is 0 Å². The molecular formula is C39H65N3O28. The highest BCUT2D eigenvalue weighted by Crippen LogP contribution is 2.39. The third-order valence-electron chi connectivity index (χ3n) is 12.4. The molecule has 5 aliphatic rings. The summed E-state index contributed by atoms with van der Waals surface area (Å²) < 4.78 is 51.3. The molecule has 404 valence electrons. The zero-order valence-electron chi connectivity index (χ0n) is 38.0. The first-order valence-corrected chi connectivity index (χ1v) is 22.1. The second kappa shape index (κ2) is 24.3. The van der Waals surface area contributed by atoms with Crippen LogP contribution in [0.2, 0.25) is 0 Å². The number of aliphatic hydroxyl groups is 14. The topological polar surface area (TPSA) is 491 Å². The molecule has 0 aromatic heterocycles. The first-order chi connectivity index (χ1) is 32.8. The van der Waals surface area contributed by atoms with E-state index in [1.807, 2.05) is 0 Å². The van der Waals surface area contributed by atoms with Gasteiger partial charge in [0.15, 0.2) is 25.2 Å². The summed E-state index contributed by atoms with van der Waals surface area (Å²) in [6, 6.07) is -4.95. The Morgan fingerprint density at radius 2 is 1.11 bits per heavy atom. The Morgan fingerprint density at radius 3 is 1.66 bits per heavy atom. The highest BCUT2D eigenvalue weighted by atomic mass is 16.8. The van der Waals surface area contributed by atoms with E-state index < -0.39 is 215 Å². The lowest BCUT2D eigenvalue weighted by molar-refractivity contribution is -0.381. The first-order valence-electron chi connectivity index (χ1n) is 22.1. The molecule has 70 heavy (non-hydrogen) atoms. The maximum absolute atomic E-state index is 13.0. The van der Waals surface area contributed by atoms with Gasteiger partial charge in [0, 0.05) is 27.2 Å². The van der Waals surface area contributed by atoms with Gasteiger partial charge >= 0.3 is 5.97 Å². The molecule has 0 aromatic carbocycles. The standard InChI is InChI=1S/C39H65N3O28/c1-10-22(51)27(56)28(57)36(63-10)68-31-21(42-13(4)48)35(65-16(7-44)24(31)53)62-9-18-26(55)30(20(34(59)64-18)41-12(3)47)67-37-29(58)33(25(54)17(8-45)66-37)70-39(38(60)61)5-14(49)19(40-11(2)46)32(69-39)23(52)15(50)6-43/h10,14-37,43-45,49-59H,5-9H2,1-4H3,(H,40,46)(H,41,47)(H,42,48)(H,60,61)/t10-,14-,15+,16+,17+,18+,19+,20+,21+,22+,23+,24+,25-,26-,27+,28-,29+,30+,31+,32+,33-,34+,35+,36-,37-,39-/m0/s1. The third kappa shape index (κ3) is 12.6. The molecule has 3 amide bonds. The molecule has 5 heterocycles. The van der Waals surface area contributed by atoms with E-state index in [0.29, 0.717) is 0 Å². The molecule has 0 unspecified atom stereocenters. The van der Waals surface area contributed by atoms with Crippen molar-refractivity contribution in [1.29, 1.82) is 0 Å². The molecule has 18 N–H and O–H groups in total. The fraction of sp³-hybridized carbons (Fsp3) is 0.897.